The molecule has 0 bridgehead atoms. The van der Waals surface area contributed by atoms with Crippen LogP contribution in [0.4, 0.5) is 0 Å². The van der Waals surface area contributed by atoms with E-state index < -0.39 is 24.0 Å². The third-order valence-corrected chi connectivity index (χ3v) is 3.75. The lowest BCUT2D eigenvalue weighted by molar-refractivity contribution is -0.147. The average molecular weight is 321 g/mol. The molecule has 1 aromatic rings. The van der Waals surface area contributed by atoms with Crippen molar-refractivity contribution in [3.63, 3.8) is 0 Å². The van der Waals surface area contributed by atoms with Crippen molar-refractivity contribution in [2.24, 2.45) is 5.73 Å². The average Bonchev–Trinajstić information content (AvgIpc) is 2.98. The van der Waals surface area contributed by atoms with Crippen molar-refractivity contribution < 1.29 is 24.2 Å². The number of carboxylic acid groups (broad SMARTS) is 1. The fourth-order valence-electron chi connectivity index (χ4n) is 2.60. The second-order valence-electron chi connectivity index (χ2n) is 5.24. The number of aliphatic carboxylic acids is 1. The molecule has 1 heterocycles. The standard InChI is InChI=1S/C15H19N3O5/c1-23-11-4-2-3-9(5-11)14(20)17-10-6-12(15(21)22)18(8-10)13(19)7-16/h2-5,10,12H,6-8,16H2,1H3,(H,17,20)(H,21,22). The van der Waals surface area contributed by atoms with E-state index in [4.69, 9.17) is 10.5 Å². The van der Waals surface area contributed by atoms with E-state index >= 15 is 0 Å². The molecule has 1 fully saturated rings. The fourth-order valence-corrected chi connectivity index (χ4v) is 2.60. The number of ether oxygens (including phenoxy) is 1. The van der Waals surface area contributed by atoms with Crippen molar-refractivity contribution >= 4 is 17.8 Å². The largest absolute Gasteiger partial charge is 0.497 e. The highest BCUT2D eigenvalue weighted by Gasteiger charge is 2.39. The van der Waals surface area contributed by atoms with Gasteiger partial charge in [-0.05, 0) is 18.2 Å². The summed E-state index contributed by atoms with van der Waals surface area (Å²) in [5.74, 6) is -1.35. The Kier molecular flexibility index (Phi) is 5.17. The van der Waals surface area contributed by atoms with Crippen LogP contribution in [0.3, 0.4) is 0 Å². The van der Waals surface area contributed by atoms with Crippen LogP contribution in [0.2, 0.25) is 0 Å². The SMILES string of the molecule is COc1cccc(C(=O)NC2CC(C(=O)O)N(C(=O)CN)C2)c1. The molecule has 8 nitrogen and oxygen atoms in total. The van der Waals surface area contributed by atoms with Crippen LogP contribution in [-0.4, -0.2) is 60.1 Å². The van der Waals surface area contributed by atoms with Crippen molar-refractivity contribution in [1.82, 2.24) is 10.2 Å². The number of amides is 2. The molecule has 0 aromatic heterocycles. The number of carboxylic acids is 1. The van der Waals surface area contributed by atoms with Gasteiger partial charge in [0.05, 0.1) is 13.7 Å². The summed E-state index contributed by atoms with van der Waals surface area (Å²) in [7, 11) is 1.50. The fraction of sp³-hybridized carbons (Fsp3) is 0.400. The van der Waals surface area contributed by atoms with Crippen LogP contribution < -0.4 is 15.8 Å². The topological polar surface area (TPSA) is 122 Å². The lowest BCUT2D eigenvalue weighted by Gasteiger charge is -2.20. The number of methoxy groups -OCH3 is 1. The molecule has 0 saturated carbocycles. The van der Waals surface area contributed by atoms with Gasteiger partial charge >= 0.3 is 5.97 Å². The molecule has 0 radical (unpaired) electrons. The molecule has 23 heavy (non-hydrogen) atoms. The molecule has 2 rings (SSSR count). The lowest BCUT2D eigenvalue weighted by Crippen LogP contribution is -2.44. The van der Waals surface area contributed by atoms with Gasteiger partial charge in [-0.1, -0.05) is 6.07 Å². The van der Waals surface area contributed by atoms with Gasteiger partial charge in [0, 0.05) is 24.6 Å². The molecular formula is C15H19N3O5. The lowest BCUT2D eigenvalue weighted by atomic mass is 10.1. The quantitative estimate of drug-likeness (QED) is 0.668. The Labute approximate surface area is 133 Å². The van der Waals surface area contributed by atoms with Crippen molar-refractivity contribution in [3.8, 4) is 5.75 Å². The van der Waals surface area contributed by atoms with Crippen LogP contribution >= 0.6 is 0 Å². The maximum Gasteiger partial charge on any atom is 0.326 e. The maximum atomic E-state index is 12.2. The number of nitrogens with two attached hydrogens (primary N) is 1. The van der Waals surface area contributed by atoms with Gasteiger partial charge < -0.3 is 25.8 Å². The van der Waals surface area contributed by atoms with Crippen LogP contribution in [0.5, 0.6) is 5.75 Å². The van der Waals surface area contributed by atoms with E-state index in [1.165, 1.54) is 12.0 Å². The monoisotopic (exact) mass is 321 g/mol. The number of nitrogens with zero attached hydrogens (tertiary/aromatic N) is 1. The molecule has 2 amide bonds. The molecule has 2 unspecified atom stereocenters. The number of hydrogen-bond donors (Lipinski definition) is 3. The molecular weight excluding hydrogens is 302 g/mol. The molecule has 1 aromatic carbocycles. The molecule has 1 aliphatic heterocycles. The van der Waals surface area contributed by atoms with Crippen LogP contribution in [-0.2, 0) is 9.59 Å². The number of nitrogens with one attached hydrogen (secondary N) is 1. The van der Waals surface area contributed by atoms with Gasteiger partial charge in [-0.2, -0.15) is 0 Å². The molecule has 0 aliphatic carbocycles. The first-order valence-electron chi connectivity index (χ1n) is 7.13. The normalized spacial score (nSPS) is 20.2. The molecule has 0 spiro atoms. The Morgan fingerprint density at radius 1 is 1.43 bits per heavy atom. The summed E-state index contributed by atoms with van der Waals surface area (Å²) < 4.78 is 5.06. The summed E-state index contributed by atoms with van der Waals surface area (Å²) in [6.07, 6.45) is 0.150. The Morgan fingerprint density at radius 2 is 2.17 bits per heavy atom. The zero-order valence-corrected chi connectivity index (χ0v) is 12.7. The van der Waals surface area contributed by atoms with Gasteiger partial charge in [0.1, 0.15) is 11.8 Å². The predicted molar refractivity (Wildman–Crippen MR) is 81.1 cm³/mol. The molecule has 2 atom stereocenters. The molecule has 124 valence electrons. The second kappa shape index (κ2) is 7.10. The second-order valence-corrected chi connectivity index (χ2v) is 5.24. The molecule has 1 aliphatic rings. The number of carbonyl (C=O) groups is 3. The van der Waals surface area contributed by atoms with E-state index in [0.717, 1.165) is 0 Å². The number of rotatable bonds is 5. The van der Waals surface area contributed by atoms with Gasteiger partial charge in [0.15, 0.2) is 0 Å². The number of hydrogen-bond acceptors (Lipinski definition) is 5. The van der Waals surface area contributed by atoms with Gasteiger partial charge in [0.2, 0.25) is 5.91 Å². The van der Waals surface area contributed by atoms with E-state index in [1.807, 2.05) is 0 Å². The Morgan fingerprint density at radius 3 is 2.78 bits per heavy atom. The Hall–Kier alpha value is -2.61. The van der Waals surface area contributed by atoms with E-state index in [-0.39, 0.29) is 25.4 Å². The molecule has 1 saturated heterocycles. The summed E-state index contributed by atoms with van der Waals surface area (Å²) in [6, 6.07) is 5.21. The number of likely N-dealkylation sites (tertiary alicyclic amines) is 1. The third-order valence-electron chi connectivity index (χ3n) is 3.75. The van der Waals surface area contributed by atoms with E-state index in [0.29, 0.717) is 11.3 Å². The highest BCUT2D eigenvalue weighted by Crippen LogP contribution is 2.19. The zero-order valence-electron chi connectivity index (χ0n) is 12.7. The Bertz CT molecular complexity index is 619. The highest BCUT2D eigenvalue weighted by atomic mass is 16.5. The van der Waals surface area contributed by atoms with E-state index in [9.17, 15) is 19.5 Å². The van der Waals surface area contributed by atoms with Crippen molar-refractivity contribution in [2.75, 3.05) is 20.2 Å². The van der Waals surface area contributed by atoms with Crippen molar-refractivity contribution in [1.29, 1.82) is 0 Å². The summed E-state index contributed by atoms with van der Waals surface area (Å²) in [4.78, 5) is 36.4. The van der Waals surface area contributed by atoms with Crippen LogP contribution in [0, 0.1) is 0 Å². The predicted octanol–water partition coefficient (Wildman–Crippen LogP) is -0.562. The first kappa shape index (κ1) is 16.8. The van der Waals surface area contributed by atoms with E-state index in [1.54, 1.807) is 24.3 Å². The summed E-state index contributed by atoms with van der Waals surface area (Å²) in [5, 5.41) is 11.9. The first-order chi connectivity index (χ1) is 11.0. The Balaban J connectivity index is 2.06. The van der Waals surface area contributed by atoms with Crippen molar-refractivity contribution in [2.45, 2.75) is 18.5 Å². The first-order valence-corrected chi connectivity index (χ1v) is 7.13. The van der Waals surface area contributed by atoms with Gasteiger partial charge in [-0.25, -0.2) is 4.79 Å². The van der Waals surface area contributed by atoms with Crippen LogP contribution in [0.1, 0.15) is 16.8 Å². The number of benzene rings is 1. The third kappa shape index (κ3) is 3.78. The van der Waals surface area contributed by atoms with Crippen LogP contribution in [0.15, 0.2) is 24.3 Å². The minimum absolute atomic E-state index is 0.128. The summed E-state index contributed by atoms with van der Waals surface area (Å²) in [6.45, 7) is -0.136. The minimum Gasteiger partial charge on any atom is -0.497 e. The number of carbonyl (C=O) groups excluding carboxylic acids is 2. The maximum absolute atomic E-state index is 12.2. The van der Waals surface area contributed by atoms with Gasteiger partial charge in [-0.15, -0.1) is 0 Å². The summed E-state index contributed by atoms with van der Waals surface area (Å²) in [5.41, 5.74) is 5.70. The smallest absolute Gasteiger partial charge is 0.326 e. The van der Waals surface area contributed by atoms with Crippen LogP contribution in [0.25, 0.3) is 0 Å². The summed E-state index contributed by atoms with van der Waals surface area (Å²) >= 11 is 0. The van der Waals surface area contributed by atoms with Gasteiger partial charge in [-0.3, -0.25) is 9.59 Å². The highest BCUT2D eigenvalue weighted by molar-refractivity contribution is 5.95. The molecule has 8 heteroatoms. The van der Waals surface area contributed by atoms with Crippen molar-refractivity contribution in [3.05, 3.63) is 29.8 Å². The van der Waals surface area contributed by atoms with E-state index in [2.05, 4.69) is 5.32 Å². The molecule has 4 N–H and O–H groups in total. The van der Waals surface area contributed by atoms with Gasteiger partial charge in [0.25, 0.3) is 5.91 Å². The zero-order chi connectivity index (χ0) is 17.0. The minimum atomic E-state index is -1.11.